The van der Waals surface area contributed by atoms with Crippen LogP contribution in [-0.2, 0) is 0 Å². The molecule has 80 valence electrons. The molecule has 1 atom stereocenters. The van der Waals surface area contributed by atoms with Crippen molar-refractivity contribution < 1.29 is 0 Å². The van der Waals surface area contributed by atoms with Gasteiger partial charge in [0, 0.05) is 5.54 Å². The molecule has 13 heavy (non-hydrogen) atoms. The number of nitrogens with two attached hydrogens (primary N) is 1. The molecule has 0 aliphatic rings. The van der Waals surface area contributed by atoms with E-state index >= 15 is 0 Å². The highest BCUT2D eigenvalue weighted by atomic mass is 14.7. The predicted molar refractivity (Wildman–Crippen MR) is 60.9 cm³/mol. The standard InChI is InChI=1S/C12H27N/c1-4-6-8-9-11-12(3,13)10-7-5-2/h4-11,13H2,1-3H3/t12-/m0/s1. The molecule has 1 heteroatoms. The van der Waals surface area contributed by atoms with E-state index in [4.69, 9.17) is 5.73 Å². The van der Waals surface area contributed by atoms with Crippen LogP contribution in [0.1, 0.15) is 72.1 Å². The fraction of sp³-hybridized carbons (Fsp3) is 1.00. The topological polar surface area (TPSA) is 26.0 Å². The van der Waals surface area contributed by atoms with Crippen LogP contribution in [0, 0.1) is 0 Å². The van der Waals surface area contributed by atoms with E-state index in [1.807, 2.05) is 0 Å². The average Bonchev–Trinajstić information content (AvgIpc) is 2.09. The number of hydrogen-bond acceptors (Lipinski definition) is 1. The van der Waals surface area contributed by atoms with Gasteiger partial charge >= 0.3 is 0 Å². The van der Waals surface area contributed by atoms with Gasteiger partial charge < -0.3 is 5.73 Å². The Balaban J connectivity index is 3.39. The van der Waals surface area contributed by atoms with Crippen LogP contribution >= 0.6 is 0 Å². The summed E-state index contributed by atoms with van der Waals surface area (Å²) in [6.45, 7) is 6.68. The Hall–Kier alpha value is -0.0400. The Morgan fingerprint density at radius 3 is 1.92 bits per heavy atom. The minimum atomic E-state index is 0.101. The largest absolute Gasteiger partial charge is 0.325 e. The lowest BCUT2D eigenvalue weighted by molar-refractivity contribution is 0.370. The lowest BCUT2D eigenvalue weighted by Gasteiger charge is -2.24. The molecule has 0 fully saturated rings. The van der Waals surface area contributed by atoms with E-state index in [2.05, 4.69) is 20.8 Å². The van der Waals surface area contributed by atoms with Gasteiger partial charge in [0.2, 0.25) is 0 Å². The van der Waals surface area contributed by atoms with Crippen molar-refractivity contribution in [3.05, 3.63) is 0 Å². The third-order valence-electron chi connectivity index (χ3n) is 2.70. The average molecular weight is 185 g/mol. The highest BCUT2D eigenvalue weighted by Crippen LogP contribution is 2.18. The second-order valence-electron chi connectivity index (χ2n) is 4.57. The first-order valence-corrected chi connectivity index (χ1v) is 5.91. The quantitative estimate of drug-likeness (QED) is 0.571. The van der Waals surface area contributed by atoms with E-state index in [1.54, 1.807) is 0 Å². The fourth-order valence-electron chi connectivity index (χ4n) is 1.66. The summed E-state index contributed by atoms with van der Waals surface area (Å²) in [7, 11) is 0. The van der Waals surface area contributed by atoms with E-state index < -0.39 is 0 Å². The summed E-state index contributed by atoms with van der Waals surface area (Å²) in [5.41, 5.74) is 6.29. The molecule has 0 rings (SSSR count). The Labute approximate surface area is 84.1 Å². The van der Waals surface area contributed by atoms with Crippen LogP contribution in [-0.4, -0.2) is 5.54 Å². The maximum atomic E-state index is 6.19. The first-order chi connectivity index (χ1) is 6.12. The highest BCUT2D eigenvalue weighted by molar-refractivity contribution is 4.77. The molecule has 0 aliphatic carbocycles. The smallest absolute Gasteiger partial charge is 0.0125 e. The van der Waals surface area contributed by atoms with Gasteiger partial charge in [-0.1, -0.05) is 52.4 Å². The third-order valence-corrected chi connectivity index (χ3v) is 2.70. The Kier molecular flexibility index (Phi) is 7.35. The van der Waals surface area contributed by atoms with Crippen molar-refractivity contribution in [2.24, 2.45) is 5.73 Å². The van der Waals surface area contributed by atoms with Gasteiger partial charge in [-0.05, 0) is 19.8 Å². The lowest BCUT2D eigenvalue weighted by Crippen LogP contribution is -2.35. The normalized spacial score (nSPS) is 15.7. The van der Waals surface area contributed by atoms with Crippen molar-refractivity contribution in [3.63, 3.8) is 0 Å². The lowest BCUT2D eigenvalue weighted by atomic mass is 9.90. The summed E-state index contributed by atoms with van der Waals surface area (Å²) in [6, 6.07) is 0. The molecule has 0 aromatic rings. The van der Waals surface area contributed by atoms with Crippen molar-refractivity contribution in [2.45, 2.75) is 77.7 Å². The summed E-state index contributed by atoms with van der Waals surface area (Å²) in [4.78, 5) is 0. The van der Waals surface area contributed by atoms with Gasteiger partial charge in [-0.2, -0.15) is 0 Å². The highest BCUT2D eigenvalue weighted by Gasteiger charge is 2.16. The van der Waals surface area contributed by atoms with Crippen molar-refractivity contribution in [2.75, 3.05) is 0 Å². The molecule has 0 spiro atoms. The molecule has 0 aliphatic heterocycles. The van der Waals surface area contributed by atoms with Crippen molar-refractivity contribution in [3.8, 4) is 0 Å². The number of hydrogen-bond donors (Lipinski definition) is 1. The van der Waals surface area contributed by atoms with Crippen LogP contribution in [0.3, 0.4) is 0 Å². The Morgan fingerprint density at radius 2 is 1.38 bits per heavy atom. The van der Waals surface area contributed by atoms with Crippen LogP contribution in [0.25, 0.3) is 0 Å². The first-order valence-electron chi connectivity index (χ1n) is 5.91. The molecule has 0 unspecified atom stereocenters. The summed E-state index contributed by atoms with van der Waals surface area (Å²) < 4.78 is 0. The maximum absolute atomic E-state index is 6.19. The molecule has 0 amide bonds. The zero-order valence-electron chi connectivity index (χ0n) is 9.73. The minimum absolute atomic E-state index is 0.101. The summed E-state index contributed by atoms with van der Waals surface area (Å²) in [5.74, 6) is 0. The molecule has 0 saturated carbocycles. The second kappa shape index (κ2) is 7.37. The minimum Gasteiger partial charge on any atom is -0.325 e. The second-order valence-corrected chi connectivity index (χ2v) is 4.57. The van der Waals surface area contributed by atoms with Crippen molar-refractivity contribution in [1.82, 2.24) is 0 Å². The van der Waals surface area contributed by atoms with E-state index in [9.17, 15) is 0 Å². The molecule has 2 N–H and O–H groups in total. The Bertz CT molecular complexity index is 108. The molecule has 0 saturated heterocycles. The SMILES string of the molecule is CCCCCC[C@@](C)(N)CCCC. The molecule has 0 bridgehead atoms. The number of rotatable bonds is 8. The van der Waals surface area contributed by atoms with Gasteiger partial charge in [0.25, 0.3) is 0 Å². The molecule has 0 radical (unpaired) electrons. The molecule has 1 nitrogen and oxygen atoms in total. The van der Waals surface area contributed by atoms with Crippen LogP contribution in [0.4, 0.5) is 0 Å². The van der Waals surface area contributed by atoms with Gasteiger partial charge in [0.15, 0.2) is 0 Å². The van der Waals surface area contributed by atoms with Gasteiger partial charge in [-0.3, -0.25) is 0 Å². The zero-order valence-corrected chi connectivity index (χ0v) is 9.73. The van der Waals surface area contributed by atoms with Crippen LogP contribution in [0.5, 0.6) is 0 Å². The van der Waals surface area contributed by atoms with E-state index in [1.165, 1.54) is 51.4 Å². The third kappa shape index (κ3) is 8.29. The predicted octanol–water partition coefficient (Wildman–Crippen LogP) is 3.86. The molecule has 0 aromatic carbocycles. The van der Waals surface area contributed by atoms with Gasteiger partial charge in [0.05, 0.1) is 0 Å². The summed E-state index contributed by atoms with van der Waals surface area (Å²) in [5, 5.41) is 0. The molecular formula is C12H27N. The van der Waals surface area contributed by atoms with Crippen LogP contribution in [0.15, 0.2) is 0 Å². The molecular weight excluding hydrogens is 158 g/mol. The van der Waals surface area contributed by atoms with Crippen LogP contribution < -0.4 is 5.73 Å². The van der Waals surface area contributed by atoms with E-state index in [-0.39, 0.29) is 5.54 Å². The van der Waals surface area contributed by atoms with E-state index in [0.717, 1.165) is 0 Å². The molecule has 0 heterocycles. The zero-order chi connectivity index (χ0) is 10.2. The van der Waals surface area contributed by atoms with Crippen LogP contribution in [0.2, 0.25) is 0 Å². The maximum Gasteiger partial charge on any atom is 0.0125 e. The van der Waals surface area contributed by atoms with Crippen molar-refractivity contribution >= 4 is 0 Å². The van der Waals surface area contributed by atoms with Gasteiger partial charge in [-0.15, -0.1) is 0 Å². The van der Waals surface area contributed by atoms with Crippen molar-refractivity contribution in [1.29, 1.82) is 0 Å². The Morgan fingerprint density at radius 1 is 0.846 bits per heavy atom. The first kappa shape index (κ1) is 13.0. The van der Waals surface area contributed by atoms with E-state index in [0.29, 0.717) is 0 Å². The number of unbranched alkanes of at least 4 members (excludes halogenated alkanes) is 4. The molecule has 0 aromatic heterocycles. The van der Waals surface area contributed by atoms with Gasteiger partial charge in [0.1, 0.15) is 0 Å². The van der Waals surface area contributed by atoms with Gasteiger partial charge in [-0.25, -0.2) is 0 Å². The summed E-state index contributed by atoms with van der Waals surface area (Å²) >= 11 is 0. The fourth-order valence-corrected chi connectivity index (χ4v) is 1.66. The monoisotopic (exact) mass is 185 g/mol. The summed E-state index contributed by atoms with van der Waals surface area (Å²) in [6.07, 6.45) is 10.3.